The van der Waals surface area contributed by atoms with E-state index < -0.39 is 0 Å². The standard InChI is InChI=1S/C21H33N3O2/c1-16-14-19(17(2)22(16)3)15-20(25)23-10-7-11-24(13-12-23)21(26)18-8-5-4-6-9-18/h14,18H,4-13,15H2,1-3H3. The van der Waals surface area contributed by atoms with E-state index in [4.69, 9.17) is 0 Å². The molecule has 0 radical (unpaired) electrons. The summed E-state index contributed by atoms with van der Waals surface area (Å²) in [5.41, 5.74) is 3.47. The van der Waals surface area contributed by atoms with Gasteiger partial charge >= 0.3 is 0 Å². The first-order valence-corrected chi connectivity index (χ1v) is 10.2. The maximum Gasteiger partial charge on any atom is 0.227 e. The molecule has 0 unspecified atom stereocenters. The Balaban J connectivity index is 1.56. The van der Waals surface area contributed by atoms with Gasteiger partial charge in [-0.2, -0.15) is 0 Å². The molecule has 0 atom stereocenters. The summed E-state index contributed by atoms with van der Waals surface area (Å²) < 4.78 is 2.13. The minimum atomic E-state index is 0.186. The van der Waals surface area contributed by atoms with Crippen LogP contribution >= 0.6 is 0 Å². The molecule has 1 aromatic heterocycles. The highest BCUT2D eigenvalue weighted by Crippen LogP contribution is 2.26. The zero-order valence-electron chi connectivity index (χ0n) is 16.6. The van der Waals surface area contributed by atoms with Crippen LogP contribution in [0.3, 0.4) is 0 Å². The topological polar surface area (TPSA) is 45.6 Å². The molecule has 26 heavy (non-hydrogen) atoms. The van der Waals surface area contributed by atoms with Gasteiger partial charge in [-0.1, -0.05) is 19.3 Å². The van der Waals surface area contributed by atoms with Gasteiger partial charge in [-0.25, -0.2) is 0 Å². The van der Waals surface area contributed by atoms with Crippen LogP contribution in [0.5, 0.6) is 0 Å². The van der Waals surface area contributed by atoms with Crippen LogP contribution in [0.25, 0.3) is 0 Å². The Morgan fingerprint density at radius 3 is 2.27 bits per heavy atom. The van der Waals surface area contributed by atoms with Crippen LogP contribution < -0.4 is 0 Å². The summed E-state index contributed by atoms with van der Waals surface area (Å²) in [5.74, 6) is 0.736. The Bertz CT molecular complexity index is 658. The molecule has 0 spiro atoms. The quantitative estimate of drug-likeness (QED) is 0.833. The average Bonchev–Trinajstić information content (AvgIpc) is 2.86. The van der Waals surface area contributed by atoms with Crippen molar-refractivity contribution in [2.45, 2.75) is 58.8 Å². The third-order valence-electron chi connectivity index (χ3n) is 6.34. The Hall–Kier alpha value is -1.78. The molecule has 2 fully saturated rings. The summed E-state index contributed by atoms with van der Waals surface area (Å²) in [6, 6.07) is 2.12. The van der Waals surface area contributed by atoms with E-state index in [9.17, 15) is 9.59 Å². The lowest BCUT2D eigenvalue weighted by atomic mass is 9.88. The van der Waals surface area contributed by atoms with E-state index in [-0.39, 0.29) is 11.8 Å². The van der Waals surface area contributed by atoms with Crippen molar-refractivity contribution < 1.29 is 9.59 Å². The van der Waals surface area contributed by atoms with Gasteiger partial charge in [-0.3, -0.25) is 9.59 Å². The number of aryl methyl sites for hydroxylation is 1. The van der Waals surface area contributed by atoms with Crippen molar-refractivity contribution in [2.75, 3.05) is 26.2 Å². The highest BCUT2D eigenvalue weighted by Gasteiger charge is 2.28. The molecule has 2 aliphatic rings. The van der Waals surface area contributed by atoms with E-state index in [2.05, 4.69) is 24.5 Å². The number of nitrogens with zero attached hydrogens (tertiary/aromatic N) is 3. The molecule has 144 valence electrons. The summed E-state index contributed by atoms with van der Waals surface area (Å²) in [7, 11) is 2.04. The fraction of sp³-hybridized carbons (Fsp3) is 0.714. The lowest BCUT2D eigenvalue weighted by molar-refractivity contribution is -0.137. The number of carbonyl (C=O) groups is 2. The second-order valence-corrected chi connectivity index (χ2v) is 8.03. The monoisotopic (exact) mass is 359 g/mol. The van der Waals surface area contributed by atoms with Gasteiger partial charge in [0.25, 0.3) is 0 Å². The Morgan fingerprint density at radius 2 is 1.62 bits per heavy atom. The zero-order chi connectivity index (χ0) is 18.7. The lowest BCUT2D eigenvalue weighted by Gasteiger charge is -2.28. The van der Waals surface area contributed by atoms with Gasteiger partial charge in [0.1, 0.15) is 0 Å². The number of rotatable bonds is 3. The van der Waals surface area contributed by atoms with Gasteiger partial charge in [0.05, 0.1) is 6.42 Å². The molecule has 0 bridgehead atoms. The summed E-state index contributed by atoms with van der Waals surface area (Å²) in [4.78, 5) is 29.5. The molecule has 1 aliphatic heterocycles. The fourth-order valence-electron chi connectivity index (χ4n) is 4.38. The summed E-state index contributed by atoms with van der Waals surface area (Å²) in [5, 5.41) is 0. The van der Waals surface area contributed by atoms with Gasteiger partial charge in [0, 0.05) is 50.5 Å². The SMILES string of the molecule is Cc1cc(CC(=O)N2CCCN(C(=O)C3CCCCC3)CC2)c(C)n1C. The number of hydrogen-bond acceptors (Lipinski definition) is 2. The zero-order valence-corrected chi connectivity index (χ0v) is 16.6. The maximum atomic E-state index is 12.8. The number of hydrogen-bond donors (Lipinski definition) is 0. The highest BCUT2D eigenvalue weighted by molar-refractivity contribution is 5.80. The minimum Gasteiger partial charge on any atom is -0.352 e. The van der Waals surface area contributed by atoms with Crippen molar-refractivity contribution in [3.05, 3.63) is 23.0 Å². The Morgan fingerprint density at radius 1 is 0.962 bits per heavy atom. The molecule has 5 nitrogen and oxygen atoms in total. The minimum absolute atomic E-state index is 0.186. The molecule has 2 heterocycles. The van der Waals surface area contributed by atoms with E-state index in [0.29, 0.717) is 25.4 Å². The third kappa shape index (κ3) is 4.13. The molecule has 3 rings (SSSR count). The van der Waals surface area contributed by atoms with Gasteiger partial charge in [-0.15, -0.1) is 0 Å². The van der Waals surface area contributed by atoms with E-state index in [1.807, 2.05) is 16.8 Å². The van der Waals surface area contributed by atoms with Crippen molar-refractivity contribution >= 4 is 11.8 Å². The number of aromatic nitrogens is 1. The number of amides is 2. The van der Waals surface area contributed by atoms with Crippen LogP contribution in [0.1, 0.15) is 55.5 Å². The van der Waals surface area contributed by atoms with E-state index >= 15 is 0 Å². The normalized spacial score (nSPS) is 19.5. The molecule has 1 saturated carbocycles. The van der Waals surface area contributed by atoms with Crippen LogP contribution in [0.4, 0.5) is 0 Å². The second-order valence-electron chi connectivity index (χ2n) is 8.03. The first-order chi connectivity index (χ1) is 12.5. The second kappa shape index (κ2) is 8.28. The van der Waals surface area contributed by atoms with Crippen molar-refractivity contribution in [3.63, 3.8) is 0 Å². The molecule has 0 N–H and O–H groups in total. The molecule has 1 aromatic rings. The van der Waals surface area contributed by atoms with E-state index in [1.165, 1.54) is 30.7 Å². The third-order valence-corrected chi connectivity index (χ3v) is 6.34. The maximum absolute atomic E-state index is 12.8. The van der Waals surface area contributed by atoms with Gasteiger partial charge < -0.3 is 14.4 Å². The van der Waals surface area contributed by atoms with E-state index in [1.54, 1.807) is 0 Å². The first kappa shape index (κ1) is 19.0. The molecular formula is C21H33N3O2. The lowest BCUT2D eigenvalue weighted by Crippen LogP contribution is -2.40. The van der Waals surface area contributed by atoms with Crippen LogP contribution in [0.2, 0.25) is 0 Å². The van der Waals surface area contributed by atoms with Crippen LogP contribution in [-0.4, -0.2) is 52.4 Å². The predicted molar refractivity (Wildman–Crippen MR) is 103 cm³/mol. The molecular weight excluding hydrogens is 326 g/mol. The van der Waals surface area contributed by atoms with Crippen molar-refractivity contribution in [3.8, 4) is 0 Å². The van der Waals surface area contributed by atoms with Gasteiger partial charge in [0.15, 0.2) is 0 Å². The van der Waals surface area contributed by atoms with Gasteiger partial charge in [-0.05, 0) is 44.7 Å². The predicted octanol–water partition coefficient (Wildman–Crippen LogP) is 2.83. The van der Waals surface area contributed by atoms with Crippen molar-refractivity contribution in [1.82, 2.24) is 14.4 Å². The van der Waals surface area contributed by atoms with Crippen LogP contribution in [-0.2, 0) is 23.1 Å². The molecule has 0 aromatic carbocycles. The Kier molecular flexibility index (Phi) is 6.05. The van der Waals surface area contributed by atoms with Gasteiger partial charge in [0.2, 0.25) is 11.8 Å². The number of carbonyl (C=O) groups excluding carboxylic acids is 2. The van der Waals surface area contributed by atoms with Crippen molar-refractivity contribution in [2.24, 2.45) is 13.0 Å². The molecule has 5 heteroatoms. The summed E-state index contributed by atoms with van der Waals surface area (Å²) in [6.45, 7) is 7.06. The molecule has 1 aliphatic carbocycles. The van der Waals surface area contributed by atoms with Crippen LogP contribution in [0, 0.1) is 19.8 Å². The highest BCUT2D eigenvalue weighted by atomic mass is 16.2. The molecule has 2 amide bonds. The van der Waals surface area contributed by atoms with Crippen LogP contribution in [0.15, 0.2) is 6.07 Å². The van der Waals surface area contributed by atoms with E-state index in [0.717, 1.165) is 37.9 Å². The summed E-state index contributed by atoms with van der Waals surface area (Å²) in [6.07, 6.45) is 7.08. The molecule has 1 saturated heterocycles. The summed E-state index contributed by atoms with van der Waals surface area (Å²) >= 11 is 0. The first-order valence-electron chi connectivity index (χ1n) is 10.2. The smallest absolute Gasteiger partial charge is 0.227 e. The average molecular weight is 360 g/mol. The Labute approximate surface area is 157 Å². The largest absolute Gasteiger partial charge is 0.352 e. The fourth-order valence-corrected chi connectivity index (χ4v) is 4.38. The van der Waals surface area contributed by atoms with Crippen molar-refractivity contribution in [1.29, 1.82) is 0 Å².